The average Bonchev–Trinajstić information content (AvgIpc) is 3.00. The van der Waals surface area contributed by atoms with Gasteiger partial charge < -0.3 is 9.88 Å². The zero-order valence-electron chi connectivity index (χ0n) is 11.7. The number of carbonyl (C=O) groups excluding carboxylic acids is 1. The van der Waals surface area contributed by atoms with Crippen molar-refractivity contribution in [2.75, 3.05) is 0 Å². The van der Waals surface area contributed by atoms with Gasteiger partial charge in [-0.25, -0.2) is 4.98 Å². The zero-order chi connectivity index (χ0) is 15.4. The summed E-state index contributed by atoms with van der Waals surface area (Å²) >= 11 is 1.59. The van der Waals surface area contributed by atoms with E-state index in [0.717, 1.165) is 10.4 Å². The maximum absolute atomic E-state index is 12.0. The van der Waals surface area contributed by atoms with Gasteiger partial charge in [0.25, 0.3) is 0 Å². The van der Waals surface area contributed by atoms with Crippen molar-refractivity contribution in [1.29, 1.82) is 10.5 Å². The van der Waals surface area contributed by atoms with Gasteiger partial charge in [0.2, 0.25) is 5.91 Å². The van der Waals surface area contributed by atoms with Crippen LogP contribution in [0.5, 0.6) is 0 Å². The van der Waals surface area contributed by atoms with Crippen LogP contribution in [0.2, 0.25) is 0 Å². The molecule has 0 spiro atoms. The van der Waals surface area contributed by atoms with Crippen LogP contribution >= 0.6 is 11.3 Å². The van der Waals surface area contributed by atoms with Gasteiger partial charge in [-0.3, -0.25) is 4.79 Å². The van der Waals surface area contributed by atoms with Crippen molar-refractivity contribution in [2.45, 2.75) is 26.9 Å². The van der Waals surface area contributed by atoms with Gasteiger partial charge in [0.1, 0.15) is 24.5 Å². The van der Waals surface area contributed by atoms with E-state index >= 15 is 0 Å². The number of nitriles is 2. The molecule has 6 nitrogen and oxygen atoms in total. The summed E-state index contributed by atoms with van der Waals surface area (Å²) in [7, 11) is 0. The van der Waals surface area contributed by atoms with Gasteiger partial charge in [-0.15, -0.1) is 11.3 Å². The highest BCUT2D eigenvalue weighted by Gasteiger charge is 2.16. The molecule has 2 aromatic heterocycles. The minimum atomic E-state index is -0.218. The normalized spacial score (nSPS) is 9.90. The lowest BCUT2D eigenvalue weighted by Gasteiger charge is -2.07. The number of nitrogens with zero attached hydrogens (tertiary/aromatic N) is 4. The standard InChI is InChI=1S/C14H13N5OS/c1-9-3-4-21-13(9)7-17-14(20)8-19-10(2)18-11(5-15)12(19)6-16/h3-4H,7-8H2,1-2H3,(H,17,20). The van der Waals surface area contributed by atoms with Crippen molar-refractivity contribution in [3.8, 4) is 12.1 Å². The number of imidazole rings is 1. The van der Waals surface area contributed by atoms with Crippen LogP contribution in [-0.4, -0.2) is 15.5 Å². The Morgan fingerprint density at radius 1 is 1.43 bits per heavy atom. The number of carbonyl (C=O) groups is 1. The summed E-state index contributed by atoms with van der Waals surface area (Å²) in [6.07, 6.45) is 0. The topological polar surface area (TPSA) is 94.5 Å². The Balaban J connectivity index is 2.07. The summed E-state index contributed by atoms with van der Waals surface area (Å²) in [6, 6.07) is 5.78. The van der Waals surface area contributed by atoms with Gasteiger partial charge in [-0.05, 0) is 30.9 Å². The molecule has 1 N–H and O–H groups in total. The molecule has 0 saturated heterocycles. The summed E-state index contributed by atoms with van der Waals surface area (Å²) in [4.78, 5) is 17.1. The largest absolute Gasteiger partial charge is 0.350 e. The maximum Gasteiger partial charge on any atom is 0.240 e. The Labute approximate surface area is 126 Å². The number of nitrogens with one attached hydrogen (secondary N) is 1. The summed E-state index contributed by atoms with van der Waals surface area (Å²) in [5, 5.41) is 22.8. The highest BCUT2D eigenvalue weighted by Crippen LogP contribution is 2.15. The number of amides is 1. The molecule has 2 aromatic rings. The van der Waals surface area contributed by atoms with E-state index in [1.165, 1.54) is 4.57 Å². The summed E-state index contributed by atoms with van der Waals surface area (Å²) in [5.41, 5.74) is 1.32. The van der Waals surface area contributed by atoms with Crippen molar-refractivity contribution in [2.24, 2.45) is 0 Å². The number of hydrogen-bond acceptors (Lipinski definition) is 5. The first-order chi connectivity index (χ1) is 10.1. The number of thiophene rings is 1. The predicted octanol–water partition coefficient (Wildman–Crippen LogP) is 1.62. The first kappa shape index (κ1) is 14.8. The summed E-state index contributed by atoms with van der Waals surface area (Å²) < 4.78 is 1.45. The van der Waals surface area contributed by atoms with E-state index in [1.54, 1.807) is 18.3 Å². The Kier molecular flexibility index (Phi) is 4.36. The van der Waals surface area contributed by atoms with Crippen molar-refractivity contribution in [3.05, 3.63) is 39.1 Å². The molecule has 0 atom stereocenters. The number of aromatic nitrogens is 2. The summed E-state index contributed by atoms with van der Waals surface area (Å²) in [5.74, 6) is 0.259. The van der Waals surface area contributed by atoms with Crippen molar-refractivity contribution in [1.82, 2.24) is 14.9 Å². The minimum Gasteiger partial charge on any atom is -0.350 e. The summed E-state index contributed by atoms with van der Waals surface area (Å²) in [6.45, 7) is 4.10. The highest BCUT2D eigenvalue weighted by molar-refractivity contribution is 7.10. The minimum absolute atomic E-state index is 0.0200. The second-order valence-corrected chi connectivity index (χ2v) is 5.47. The zero-order valence-corrected chi connectivity index (χ0v) is 12.5. The number of rotatable bonds is 4. The van der Waals surface area contributed by atoms with Crippen LogP contribution in [0.3, 0.4) is 0 Å². The SMILES string of the molecule is Cc1ccsc1CNC(=O)Cn1c(C)nc(C#N)c1C#N. The molecule has 0 saturated carbocycles. The Morgan fingerprint density at radius 2 is 2.19 bits per heavy atom. The molecule has 0 aliphatic heterocycles. The maximum atomic E-state index is 12.0. The second-order valence-electron chi connectivity index (χ2n) is 4.47. The van der Waals surface area contributed by atoms with Crippen molar-refractivity contribution < 1.29 is 4.79 Å². The molecule has 21 heavy (non-hydrogen) atoms. The fourth-order valence-electron chi connectivity index (χ4n) is 1.91. The Hall–Kier alpha value is -2.64. The van der Waals surface area contributed by atoms with E-state index in [9.17, 15) is 4.79 Å². The van der Waals surface area contributed by atoms with Gasteiger partial charge in [0.05, 0.1) is 6.54 Å². The molecule has 1 amide bonds. The fourth-order valence-corrected chi connectivity index (χ4v) is 2.76. The lowest BCUT2D eigenvalue weighted by molar-refractivity contribution is -0.121. The van der Waals surface area contributed by atoms with Crippen molar-refractivity contribution >= 4 is 17.2 Å². The van der Waals surface area contributed by atoms with Crippen LogP contribution < -0.4 is 5.32 Å². The van der Waals surface area contributed by atoms with Crippen molar-refractivity contribution in [3.63, 3.8) is 0 Å². The molecular weight excluding hydrogens is 286 g/mol. The van der Waals surface area contributed by atoms with E-state index in [2.05, 4.69) is 10.3 Å². The monoisotopic (exact) mass is 299 g/mol. The van der Waals surface area contributed by atoms with Gasteiger partial charge in [0, 0.05) is 4.88 Å². The average molecular weight is 299 g/mol. The smallest absolute Gasteiger partial charge is 0.240 e. The molecular formula is C14H13N5OS. The predicted molar refractivity (Wildman–Crippen MR) is 77.3 cm³/mol. The molecule has 0 aromatic carbocycles. The molecule has 106 valence electrons. The van der Waals surface area contributed by atoms with Crippen LogP contribution in [0.25, 0.3) is 0 Å². The van der Waals surface area contributed by atoms with E-state index < -0.39 is 0 Å². The quantitative estimate of drug-likeness (QED) is 0.928. The molecule has 0 aliphatic carbocycles. The molecule has 0 radical (unpaired) electrons. The van der Waals surface area contributed by atoms with Gasteiger partial charge in [-0.1, -0.05) is 0 Å². The second kappa shape index (κ2) is 6.21. The van der Waals surface area contributed by atoms with Crippen LogP contribution in [0.15, 0.2) is 11.4 Å². The van der Waals surface area contributed by atoms with Crippen LogP contribution in [0.1, 0.15) is 27.7 Å². The van der Waals surface area contributed by atoms with E-state index in [4.69, 9.17) is 10.5 Å². The molecule has 0 fully saturated rings. The Bertz CT molecular complexity index is 759. The highest BCUT2D eigenvalue weighted by atomic mass is 32.1. The molecule has 2 rings (SSSR count). The van der Waals surface area contributed by atoms with Crippen LogP contribution in [-0.2, 0) is 17.9 Å². The lowest BCUT2D eigenvalue weighted by atomic mass is 10.3. The van der Waals surface area contributed by atoms with Gasteiger partial charge >= 0.3 is 0 Å². The molecule has 2 heterocycles. The molecule has 0 bridgehead atoms. The lowest BCUT2D eigenvalue weighted by Crippen LogP contribution is -2.27. The number of aryl methyl sites for hydroxylation is 2. The fraction of sp³-hybridized carbons (Fsp3) is 0.286. The van der Waals surface area contributed by atoms with E-state index in [1.807, 2.05) is 30.5 Å². The van der Waals surface area contributed by atoms with Gasteiger partial charge in [-0.2, -0.15) is 10.5 Å². The molecule has 7 heteroatoms. The van der Waals surface area contributed by atoms with Crippen LogP contribution in [0, 0.1) is 36.5 Å². The third kappa shape index (κ3) is 3.10. The first-order valence-corrected chi connectivity index (χ1v) is 7.11. The molecule has 0 unspecified atom stereocenters. The Morgan fingerprint density at radius 3 is 2.76 bits per heavy atom. The third-order valence-corrected chi connectivity index (χ3v) is 4.11. The van der Waals surface area contributed by atoms with Crippen LogP contribution in [0.4, 0.5) is 0 Å². The van der Waals surface area contributed by atoms with Gasteiger partial charge in [0.15, 0.2) is 11.4 Å². The number of hydrogen-bond donors (Lipinski definition) is 1. The van der Waals surface area contributed by atoms with E-state index in [0.29, 0.717) is 12.4 Å². The third-order valence-electron chi connectivity index (χ3n) is 3.09. The van der Waals surface area contributed by atoms with E-state index in [-0.39, 0.29) is 23.8 Å². The first-order valence-electron chi connectivity index (χ1n) is 6.23. The molecule has 0 aliphatic rings.